The van der Waals surface area contributed by atoms with Gasteiger partial charge in [-0.1, -0.05) is 44.2 Å². The molecule has 0 aromatic heterocycles. The van der Waals surface area contributed by atoms with Crippen LogP contribution in [0.3, 0.4) is 0 Å². The molecule has 1 fully saturated rings. The molecule has 1 heterocycles. The van der Waals surface area contributed by atoms with Gasteiger partial charge in [-0.2, -0.15) is 0 Å². The quantitative estimate of drug-likeness (QED) is 0.727. The fourth-order valence-corrected chi connectivity index (χ4v) is 4.14. The molecule has 20 heavy (non-hydrogen) atoms. The third-order valence-electron chi connectivity index (χ3n) is 5.80. The van der Waals surface area contributed by atoms with Crippen LogP contribution in [0.4, 0.5) is 0 Å². The Balaban J connectivity index is 0.00000200. The van der Waals surface area contributed by atoms with E-state index in [1.807, 2.05) is 0 Å². The van der Waals surface area contributed by atoms with Crippen LogP contribution in [0.2, 0.25) is 0 Å². The molecule has 0 N–H and O–H groups in total. The number of likely N-dealkylation sites (tertiary alicyclic amines) is 1. The fraction of sp³-hybridized carbons (Fsp3) is 0.667. The smallest absolute Gasteiger partial charge is 0.0866 e. The molecule has 0 aliphatic carbocycles. The van der Waals surface area contributed by atoms with Crippen LogP contribution in [0.15, 0.2) is 30.3 Å². The maximum absolute atomic E-state index is 2.43. The molecule has 0 bridgehead atoms. The Kier molecular flexibility index (Phi) is 5.86. The van der Waals surface area contributed by atoms with Crippen molar-refractivity contribution in [3.63, 3.8) is 0 Å². The van der Waals surface area contributed by atoms with Gasteiger partial charge < -0.3 is 21.5 Å². The Hall–Kier alpha value is -0.340. The summed E-state index contributed by atoms with van der Waals surface area (Å²) in [7, 11) is 4.80. The topological polar surface area (TPSA) is 0 Å². The van der Waals surface area contributed by atoms with Gasteiger partial charge in [-0.3, -0.25) is 0 Å². The number of hydrogen-bond acceptors (Lipinski definition) is 0. The SMILES string of the molecule is CCC1C[N+](C)(C)C(C)CC1(CC)c1ccccc1.[Br-]. The molecular weight excluding hydrogens is 310 g/mol. The first kappa shape index (κ1) is 17.7. The molecule has 2 rings (SSSR count). The lowest BCUT2D eigenvalue weighted by Gasteiger charge is -2.53. The number of nitrogens with zero attached hydrogens (tertiary/aromatic N) is 1. The average Bonchev–Trinajstić information content (AvgIpc) is 2.42. The van der Waals surface area contributed by atoms with Crippen molar-refractivity contribution in [1.82, 2.24) is 0 Å². The molecule has 1 aliphatic rings. The first-order valence-electron chi connectivity index (χ1n) is 7.84. The molecule has 1 aliphatic heterocycles. The summed E-state index contributed by atoms with van der Waals surface area (Å²) in [4.78, 5) is 0. The second kappa shape index (κ2) is 6.62. The zero-order chi connectivity index (χ0) is 14.1. The number of rotatable bonds is 3. The van der Waals surface area contributed by atoms with Crippen molar-refractivity contribution in [1.29, 1.82) is 0 Å². The van der Waals surface area contributed by atoms with Gasteiger partial charge in [0.2, 0.25) is 0 Å². The van der Waals surface area contributed by atoms with Gasteiger partial charge in [0.05, 0.1) is 26.7 Å². The van der Waals surface area contributed by atoms with Gasteiger partial charge in [-0.15, -0.1) is 0 Å². The average molecular weight is 340 g/mol. The molecule has 0 spiro atoms. The number of hydrogen-bond donors (Lipinski definition) is 0. The minimum absolute atomic E-state index is 0. The normalized spacial score (nSPS) is 32.5. The minimum Gasteiger partial charge on any atom is -1.00 e. The Morgan fingerprint density at radius 1 is 1.15 bits per heavy atom. The number of halogens is 1. The zero-order valence-corrected chi connectivity index (χ0v) is 15.3. The molecule has 3 unspecified atom stereocenters. The predicted octanol–water partition coefficient (Wildman–Crippen LogP) is 1.23. The predicted molar refractivity (Wildman–Crippen MR) is 83.2 cm³/mol. The van der Waals surface area contributed by atoms with Gasteiger partial charge in [-0.25, -0.2) is 0 Å². The Morgan fingerprint density at radius 3 is 2.25 bits per heavy atom. The number of benzene rings is 1. The largest absolute Gasteiger partial charge is 1.00 e. The van der Waals surface area contributed by atoms with E-state index in [-0.39, 0.29) is 17.0 Å². The van der Waals surface area contributed by atoms with Crippen LogP contribution >= 0.6 is 0 Å². The van der Waals surface area contributed by atoms with E-state index in [0.29, 0.717) is 5.41 Å². The van der Waals surface area contributed by atoms with Crippen molar-refractivity contribution < 1.29 is 21.5 Å². The second-order valence-electron chi connectivity index (χ2n) is 7.00. The Labute approximate surface area is 135 Å². The third kappa shape index (κ3) is 2.96. The van der Waals surface area contributed by atoms with Crippen LogP contribution in [0.25, 0.3) is 0 Å². The summed E-state index contributed by atoms with van der Waals surface area (Å²) in [6.45, 7) is 8.49. The van der Waals surface area contributed by atoms with Crippen LogP contribution in [-0.4, -0.2) is 31.2 Å². The van der Waals surface area contributed by atoms with Crippen LogP contribution in [-0.2, 0) is 5.41 Å². The second-order valence-corrected chi connectivity index (χ2v) is 7.00. The van der Waals surface area contributed by atoms with Gasteiger partial charge in [0.25, 0.3) is 0 Å². The van der Waals surface area contributed by atoms with Crippen molar-refractivity contribution in [2.45, 2.75) is 51.5 Å². The number of piperidine rings is 1. The third-order valence-corrected chi connectivity index (χ3v) is 5.80. The summed E-state index contributed by atoms with van der Waals surface area (Å²) in [5.74, 6) is 0.797. The van der Waals surface area contributed by atoms with E-state index in [1.165, 1.54) is 30.3 Å². The Bertz CT molecular complexity index is 415. The molecule has 0 saturated carbocycles. The molecule has 0 radical (unpaired) electrons. The molecule has 3 atom stereocenters. The molecule has 114 valence electrons. The standard InChI is InChI=1S/C18H30N.BrH/c1-6-16-14-19(4,5)15(3)13-18(16,7-2)17-11-9-8-10-12-17;/h8-12,15-16H,6-7,13-14H2,1-5H3;1H/q+1;/p-1. The van der Waals surface area contributed by atoms with Crippen molar-refractivity contribution in [2.24, 2.45) is 5.92 Å². The summed E-state index contributed by atoms with van der Waals surface area (Å²) in [6, 6.07) is 12.0. The van der Waals surface area contributed by atoms with Gasteiger partial charge in [0.15, 0.2) is 0 Å². The first-order valence-corrected chi connectivity index (χ1v) is 7.84. The van der Waals surface area contributed by atoms with Gasteiger partial charge in [-0.05, 0) is 25.3 Å². The van der Waals surface area contributed by atoms with Crippen molar-refractivity contribution in [3.05, 3.63) is 35.9 Å². The monoisotopic (exact) mass is 339 g/mol. The molecule has 1 aromatic rings. The van der Waals surface area contributed by atoms with E-state index in [9.17, 15) is 0 Å². The summed E-state index contributed by atoms with van der Waals surface area (Å²) < 4.78 is 1.17. The summed E-state index contributed by atoms with van der Waals surface area (Å²) in [5, 5.41) is 0. The lowest BCUT2D eigenvalue weighted by molar-refractivity contribution is -0.923. The van der Waals surface area contributed by atoms with E-state index >= 15 is 0 Å². The van der Waals surface area contributed by atoms with E-state index in [4.69, 9.17) is 0 Å². The van der Waals surface area contributed by atoms with E-state index < -0.39 is 0 Å². The van der Waals surface area contributed by atoms with Gasteiger partial charge >= 0.3 is 0 Å². The van der Waals surface area contributed by atoms with Crippen LogP contribution in [0.1, 0.15) is 45.6 Å². The van der Waals surface area contributed by atoms with Gasteiger partial charge in [0.1, 0.15) is 0 Å². The van der Waals surface area contributed by atoms with Crippen molar-refractivity contribution in [2.75, 3.05) is 20.6 Å². The highest BCUT2D eigenvalue weighted by Crippen LogP contribution is 2.47. The summed E-state index contributed by atoms with van der Waals surface area (Å²) >= 11 is 0. The summed E-state index contributed by atoms with van der Waals surface area (Å²) in [5.41, 5.74) is 1.96. The summed E-state index contributed by atoms with van der Waals surface area (Å²) in [6.07, 6.45) is 3.87. The Morgan fingerprint density at radius 2 is 1.75 bits per heavy atom. The molecule has 1 nitrogen and oxygen atoms in total. The van der Waals surface area contributed by atoms with Crippen LogP contribution in [0.5, 0.6) is 0 Å². The van der Waals surface area contributed by atoms with Gasteiger partial charge in [0, 0.05) is 17.8 Å². The zero-order valence-electron chi connectivity index (χ0n) is 13.7. The molecule has 1 aromatic carbocycles. The first-order chi connectivity index (χ1) is 8.96. The molecule has 1 saturated heterocycles. The fourth-order valence-electron chi connectivity index (χ4n) is 4.14. The lowest BCUT2D eigenvalue weighted by atomic mass is 9.61. The number of quaternary nitrogens is 1. The van der Waals surface area contributed by atoms with Crippen molar-refractivity contribution >= 4 is 0 Å². The maximum atomic E-state index is 2.43. The highest BCUT2D eigenvalue weighted by Gasteiger charge is 2.49. The minimum atomic E-state index is 0. The highest BCUT2D eigenvalue weighted by molar-refractivity contribution is 5.27. The molecular formula is C18H30BrN. The van der Waals surface area contributed by atoms with E-state index in [2.05, 4.69) is 65.2 Å². The van der Waals surface area contributed by atoms with Crippen LogP contribution < -0.4 is 17.0 Å². The highest BCUT2D eigenvalue weighted by atomic mass is 79.9. The molecule has 0 amide bonds. The van der Waals surface area contributed by atoms with Crippen molar-refractivity contribution in [3.8, 4) is 0 Å². The van der Waals surface area contributed by atoms with E-state index in [0.717, 1.165) is 12.0 Å². The molecule has 2 heteroatoms. The lowest BCUT2D eigenvalue weighted by Crippen LogP contribution is -3.00. The van der Waals surface area contributed by atoms with Crippen LogP contribution in [0, 0.1) is 5.92 Å². The van der Waals surface area contributed by atoms with E-state index in [1.54, 1.807) is 5.56 Å². The maximum Gasteiger partial charge on any atom is 0.0866 e.